The number of carboxylic acids is 1. The molecule has 0 spiro atoms. The highest BCUT2D eigenvalue weighted by atomic mass is 16.4. The van der Waals surface area contributed by atoms with Crippen molar-refractivity contribution in [3.05, 3.63) is 35.4 Å². The first kappa shape index (κ1) is 10.3. The Labute approximate surface area is 83.6 Å². The fraction of sp³-hybridized carbons (Fsp3) is 0.250. The second-order valence-electron chi connectivity index (χ2n) is 3.07. The van der Waals surface area contributed by atoms with E-state index in [-0.39, 0.29) is 0 Å². The normalized spacial score (nSPS) is 11.7. The third kappa shape index (κ3) is 2.14. The van der Waals surface area contributed by atoms with E-state index >= 15 is 0 Å². The van der Waals surface area contributed by atoms with E-state index in [4.69, 9.17) is 11.5 Å². The monoisotopic (exact) mass is 188 g/mol. The summed E-state index contributed by atoms with van der Waals surface area (Å²) in [6.45, 7) is 1.85. The predicted molar refractivity (Wildman–Crippen MR) is 55.0 cm³/mol. The Morgan fingerprint density at radius 3 is 2.86 bits per heavy atom. The second kappa shape index (κ2) is 4.48. The molecule has 0 aliphatic rings. The van der Waals surface area contributed by atoms with Gasteiger partial charge in [0.2, 0.25) is 0 Å². The Morgan fingerprint density at radius 1 is 1.64 bits per heavy atom. The van der Waals surface area contributed by atoms with Crippen molar-refractivity contribution in [1.82, 2.24) is 0 Å². The van der Waals surface area contributed by atoms with Gasteiger partial charge in [0.05, 0.1) is 5.92 Å². The lowest BCUT2D eigenvalue weighted by Crippen LogP contribution is -2.10. The molecule has 1 N–H and O–H groups in total. The number of aliphatic carboxylic acids is 1. The van der Waals surface area contributed by atoms with E-state index in [9.17, 15) is 4.79 Å². The molecule has 1 unspecified atom stereocenters. The first-order valence-electron chi connectivity index (χ1n) is 4.48. The molecule has 0 heterocycles. The number of rotatable bonds is 3. The van der Waals surface area contributed by atoms with E-state index < -0.39 is 11.9 Å². The standard InChI is InChI=1S/C12H12O2/c1-3-9-6-5-7-10(8-9)11(4-2)12(13)14/h1,5-8,11H,4H2,2H3,(H,13,14). The minimum absolute atomic E-state index is 0.455. The number of carbonyl (C=O) groups is 1. The quantitative estimate of drug-likeness (QED) is 0.738. The predicted octanol–water partition coefficient (Wildman–Crippen LogP) is 2.25. The van der Waals surface area contributed by atoms with Crippen molar-refractivity contribution < 1.29 is 9.90 Å². The average molecular weight is 188 g/mol. The molecule has 0 saturated carbocycles. The molecule has 0 fully saturated rings. The van der Waals surface area contributed by atoms with Gasteiger partial charge in [-0.05, 0) is 24.1 Å². The Morgan fingerprint density at radius 2 is 2.36 bits per heavy atom. The molecule has 2 heteroatoms. The van der Waals surface area contributed by atoms with Gasteiger partial charge in [-0.15, -0.1) is 6.42 Å². The van der Waals surface area contributed by atoms with E-state index in [1.54, 1.807) is 24.3 Å². The minimum atomic E-state index is -0.804. The summed E-state index contributed by atoms with van der Waals surface area (Å²) in [7, 11) is 0. The summed E-state index contributed by atoms with van der Waals surface area (Å²) in [6.07, 6.45) is 5.81. The first-order chi connectivity index (χ1) is 6.69. The summed E-state index contributed by atoms with van der Waals surface area (Å²) in [5.41, 5.74) is 1.50. The minimum Gasteiger partial charge on any atom is -0.481 e. The van der Waals surface area contributed by atoms with Crippen LogP contribution in [0.5, 0.6) is 0 Å². The Balaban J connectivity index is 3.05. The van der Waals surface area contributed by atoms with Gasteiger partial charge in [-0.3, -0.25) is 4.79 Å². The van der Waals surface area contributed by atoms with Crippen molar-refractivity contribution in [2.24, 2.45) is 0 Å². The van der Waals surface area contributed by atoms with Gasteiger partial charge in [0, 0.05) is 5.56 Å². The topological polar surface area (TPSA) is 37.3 Å². The van der Waals surface area contributed by atoms with Gasteiger partial charge in [-0.2, -0.15) is 0 Å². The summed E-state index contributed by atoms with van der Waals surface area (Å²) in [6, 6.07) is 7.12. The van der Waals surface area contributed by atoms with Gasteiger partial charge in [0.25, 0.3) is 0 Å². The molecule has 2 nitrogen and oxygen atoms in total. The fourth-order valence-corrected chi connectivity index (χ4v) is 1.40. The summed E-state index contributed by atoms with van der Waals surface area (Å²) >= 11 is 0. The Kier molecular flexibility index (Phi) is 3.30. The van der Waals surface area contributed by atoms with Crippen LogP contribution in [0.3, 0.4) is 0 Å². The lowest BCUT2D eigenvalue weighted by Gasteiger charge is -2.09. The molecule has 1 atom stereocenters. The fourth-order valence-electron chi connectivity index (χ4n) is 1.40. The van der Waals surface area contributed by atoms with E-state index in [1.807, 2.05) is 6.92 Å². The summed E-state index contributed by atoms with van der Waals surface area (Å²) in [5, 5.41) is 8.94. The number of hydrogen-bond donors (Lipinski definition) is 1. The highest BCUT2D eigenvalue weighted by molar-refractivity contribution is 5.76. The lowest BCUT2D eigenvalue weighted by molar-refractivity contribution is -0.138. The largest absolute Gasteiger partial charge is 0.481 e. The van der Waals surface area contributed by atoms with Gasteiger partial charge >= 0.3 is 5.97 Å². The molecule has 0 bridgehead atoms. The number of benzene rings is 1. The molecule has 0 aliphatic heterocycles. The first-order valence-corrected chi connectivity index (χ1v) is 4.48. The zero-order valence-electron chi connectivity index (χ0n) is 8.03. The van der Waals surface area contributed by atoms with E-state index in [1.165, 1.54) is 0 Å². The second-order valence-corrected chi connectivity index (χ2v) is 3.07. The molecule has 0 radical (unpaired) electrons. The third-order valence-corrected chi connectivity index (χ3v) is 2.16. The van der Waals surface area contributed by atoms with E-state index in [0.29, 0.717) is 6.42 Å². The van der Waals surface area contributed by atoms with E-state index in [2.05, 4.69) is 5.92 Å². The molecule has 72 valence electrons. The van der Waals surface area contributed by atoms with Gasteiger partial charge in [0.1, 0.15) is 0 Å². The van der Waals surface area contributed by atoms with Crippen molar-refractivity contribution in [3.63, 3.8) is 0 Å². The van der Waals surface area contributed by atoms with Crippen LogP contribution in [0.2, 0.25) is 0 Å². The van der Waals surface area contributed by atoms with Gasteiger partial charge < -0.3 is 5.11 Å². The maximum atomic E-state index is 10.9. The molecule has 1 rings (SSSR count). The molecule has 0 aromatic heterocycles. The average Bonchev–Trinajstić information content (AvgIpc) is 2.19. The summed E-state index contributed by atoms with van der Waals surface area (Å²) in [4.78, 5) is 10.9. The van der Waals surface area contributed by atoms with Crippen LogP contribution in [0.25, 0.3) is 0 Å². The van der Waals surface area contributed by atoms with Gasteiger partial charge in [-0.25, -0.2) is 0 Å². The highest BCUT2D eigenvalue weighted by Gasteiger charge is 2.17. The lowest BCUT2D eigenvalue weighted by atomic mass is 9.95. The smallest absolute Gasteiger partial charge is 0.310 e. The number of hydrogen-bond acceptors (Lipinski definition) is 1. The zero-order valence-corrected chi connectivity index (χ0v) is 8.03. The Bertz CT molecular complexity index is 374. The van der Waals surface area contributed by atoms with Crippen LogP contribution in [0.15, 0.2) is 24.3 Å². The highest BCUT2D eigenvalue weighted by Crippen LogP contribution is 2.20. The zero-order chi connectivity index (χ0) is 10.6. The molecule has 0 saturated heterocycles. The van der Waals surface area contributed by atoms with Crippen LogP contribution in [0.1, 0.15) is 30.4 Å². The van der Waals surface area contributed by atoms with Gasteiger partial charge in [-0.1, -0.05) is 25.0 Å². The Hall–Kier alpha value is -1.75. The third-order valence-electron chi connectivity index (χ3n) is 2.16. The van der Waals surface area contributed by atoms with Crippen molar-refractivity contribution in [2.45, 2.75) is 19.3 Å². The molecule has 14 heavy (non-hydrogen) atoms. The molecule has 0 amide bonds. The van der Waals surface area contributed by atoms with E-state index in [0.717, 1.165) is 11.1 Å². The maximum Gasteiger partial charge on any atom is 0.310 e. The van der Waals surface area contributed by atoms with Crippen molar-refractivity contribution in [3.8, 4) is 12.3 Å². The molecule has 0 aliphatic carbocycles. The maximum absolute atomic E-state index is 10.9. The van der Waals surface area contributed by atoms with Crippen molar-refractivity contribution in [1.29, 1.82) is 0 Å². The van der Waals surface area contributed by atoms with Crippen molar-refractivity contribution in [2.75, 3.05) is 0 Å². The van der Waals surface area contributed by atoms with Crippen molar-refractivity contribution >= 4 is 5.97 Å². The number of carboxylic acid groups (broad SMARTS) is 1. The van der Waals surface area contributed by atoms with Crippen LogP contribution >= 0.6 is 0 Å². The molecule has 1 aromatic carbocycles. The molecular formula is C12H12O2. The van der Waals surface area contributed by atoms with Crippen LogP contribution in [0, 0.1) is 12.3 Å². The molecular weight excluding hydrogens is 176 g/mol. The number of terminal acetylenes is 1. The molecule has 1 aromatic rings. The van der Waals surface area contributed by atoms with Gasteiger partial charge in [0.15, 0.2) is 0 Å². The van der Waals surface area contributed by atoms with Crippen LogP contribution < -0.4 is 0 Å². The van der Waals surface area contributed by atoms with Crippen LogP contribution in [0.4, 0.5) is 0 Å². The summed E-state index contributed by atoms with van der Waals surface area (Å²) < 4.78 is 0. The van der Waals surface area contributed by atoms with Crippen LogP contribution in [-0.2, 0) is 4.79 Å². The van der Waals surface area contributed by atoms with Crippen LogP contribution in [-0.4, -0.2) is 11.1 Å². The summed E-state index contributed by atoms with van der Waals surface area (Å²) in [5.74, 6) is 1.23. The SMILES string of the molecule is C#Cc1cccc(C(CC)C(=O)O)c1.